The van der Waals surface area contributed by atoms with E-state index in [4.69, 9.17) is 33.2 Å². The fourth-order valence-corrected chi connectivity index (χ4v) is 3.79. The Morgan fingerprint density at radius 3 is 1.58 bits per heavy atom. The molecular weight excluding hydrogens is 367 g/mol. The largest absolute Gasteiger partial charge is 0.331 e. The van der Waals surface area contributed by atoms with E-state index < -0.39 is 0 Å². The van der Waals surface area contributed by atoms with Gasteiger partial charge in [-0.3, -0.25) is 0 Å². The van der Waals surface area contributed by atoms with Gasteiger partial charge in [-0.15, -0.1) is 0 Å². The maximum Gasteiger partial charge on any atom is 0.109 e. The zero-order valence-corrected chi connectivity index (χ0v) is 16.3. The molecule has 0 radical (unpaired) electrons. The number of rotatable bonds is 5. The lowest BCUT2D eigenvalue weighted by atomic mass is 10.2. The average molecular weight is 387 g/mol. The SMILES string of the molecule is Cn1c(CCCCc2nc3cc(Cl)ccc3n2C)nc2cc(Cl)ccc21. The lowest BCUT2D eigenvalue weighted by Gasteiger charge is -2.04. The summed E-state index contributed by atoms with van der Waals surface area (Å²) in [5.41, 5.74) is 4.16. The molecule has 6 heteroatoms. The monoisotopic (exact) mass is 386 g/mol. The van der Waals surface area contributed by atoms with Gasteiger partial charge in [0.05, 0.1) is 22.1 Å². The van der Waals surface area contributed by atoms with Gasteiger partial charge in [0.25, 0.3) is 0 Å². The number of halogens is 2. The number of nitrogens with zero attached hydrogens (tertiary/aromatic N) is 4. The minimum atomic E-state index is 0.726. The van der Waals surface area contributed by atoms with Gasteiger partial charge in [0.1, 0.15) is 11.6 Å². The minimum absolute atomic E-state index is 0.726. The van der Waals surface area contributed by atoms with E-state index in [1.165, 1.54) is 0 Å². The van der Waals surface area contributed by atoms with Crippen molar-refractivity contribution in [1.29, 1.82) is 0 Å². The summed E-state index contributed by atoms with van der Waals surface area (Å²) in [5, 5.41) is 1.45. The minimum Gasteiger partial charge on any atom is -0.331 e. The van der Waals surface area contributed by atoms with Gasteiger partial charge in [0.2, 0.25) is 0 Å². The molecule has 4 nitrogen and oxygen atoms in total. The van der Waals surface area contributed by atoms with Crippen molar-refractivity contribution in [1.82, 2.24) is 19.1 Å². The Balaban J connectivity index is 1.43. The lowest BCUT2D eigenvalue weighted by Crippen LogP contribution is -2.01. The highest BCUT2D eigenvalue weighted by molar-refractivity contribution is 6.31. The van der Waals surface area contributed by atoms with E-state index in [1.807, 2.05) is 36.4 Å². The van der Waals surface area contributed by atoms with E-state index in [0.29, 0.717) is 0 Å². The first-order valence-corrected chi connectivity index (χ1v) is 9.50. The predicted octanol–water partition coefficient (Wildman–Crippen LogP) is 5.33. The lowest BCUT2D eigenvalue weighted by molar-refractivity contribution is 0.659. The number of fused-ring (bicyclic) bond motifs is 2. The second-order valence-electron chi connectivity index (χ2n) is 6.65. The van der Waals surface area contributed by atoms with E-state index in [1.54, 1.807) is 0 Å². The van der Waals surface area contributed by atoms with Crippen LogP contribution in [0.25, 0.3) is 22.1 Å². The van der Waals surface area contributed by atoms with Gasteiger partial charge in [0, 0.05) is 37.0 Å². The van der Waals surface area contributed by atoms with Crippen LogP contribution in [0.2, 0.25) is 10.0 Å². The van der Waals surface area contributed by atoms with Crippen LogP contribution >= 0.6 is 23.2 Å². The van der Waals surface area contributed by atoms with Gasteiger partial charge in [-0.05, 0) is 49.2 Å². The number of benzene rings is 2. The molecule has 0 N–H and O–H groups in total. The molecule has 0 amide bonds. The van der Waals surface area contributed by atoms with Gasteiger partial charge in [-0.2, -0.15) is 0 Å². The Bertz CT molecular complexity index is 1010. The molecule has 0 fully saturated rings. The summed E-state index contributed by atoms with van der Waals surface area (Å²) < 4.78 is 4.31. The molecule has 0 saturated carbocycles. The highest BCUT2D eigenvalue weighted by Crippen LogP contribution is 2.22. The van der Waals surface area contributed by atoms with Crippen molar-refractivity contribution >= 4 is 45.3 Å². The molecule has 0 saturated heterocycles. The molecule has 2 heterocycles. The Labute approximate surface area is 162 Å². The summed E-state index contributed by atoms with van der Waals surface area (Å²) in [5.74, 6) is 2.19. The first-order chi connectivity index (χ1) is 12.5. The maximum atomic E-state index is 6.07. The molecule has 0 unspecified atom stereocenters. The van der Waals surface area contributed by atoms with E-state index in [-0.39, 0.29) is 0 Å². The molecule has 0 atom stereocenters. The second-order valence-corrected chi connectivity index (χ2v) is 7.52. The van der Waals surface area contributed by atoms with Crippen molar-refractivity contribution in [3.8, 4) is 0 Å². The first kappa shape index (κ1) is 17.4. The number of hydrogen-bond acceptors (Lipinski definition) is 2. The van der Waals surface area contributed by atoms with Crippen LogP contribution < -0.4 is 0 Å². The fourth-order valence-electron chi connectivity index (χ4n) is 3.46. The number of aryl methyl sites for hydroxylation is 4. The number of hydrogen-bond donors (Lipinski definition) is 0. The normalized spacial score (nSPS) is 11.7. The molecular formula is C20H20Cl2N4. The smallest absolute Gasteiger partial charge is 0.109 e. The summed E-state index contributed by atoms with van der Waals surface area (Å²) >= 11 is 12.1. The Hall–Kier alpha value is -2.04. The summed E-state index contributed by atoms with van der Waals surface area (Å²) in [6.45, 7) is 0. The first-order valence-electron chi connectivity index (χ1n) is 8.74. The molecule has 2 aromatic heterocycles. The van der Waals surface area contributed by atoms with E-state index in [2.05, 4.69) is 23.2 Å². The second kappa shape index (κ2) is 6.93. The van der Waals surface area contributed by atoms with E-state index in [9.17, 15) is 0 Å². The molecule has 4 aromatic rings. The van der Waals surface area contributed by atoms with Crippen molar-refractivity contribution in [3.63, 3.8) is 0 Å². The van der Waals surface area contributed by atoms with Crippen LogP contribution in [0.1, 0.15) is 24.5 Å². The molecule has 4 rings (SSSR count). The third kappa shape index (κ3) is 3.19. The molecule has 0 aliphatic heterocycles. The van der Waals surface area contributed by atoms with Gasteiger partial charge in [-0.25, -0.2) is 9.97 Å². The Kier molecular flexibility index (Phi) is 4.63. The third-order valence-electron chi connectivity index (χ3n) is 4.92. The van der Waals surface area contributed by atoms with Crippen LogP contribution in [-0.2, 0) is 26.9 Å². The molecule has 0 bridgehead atoms. The van der Waals surface area contributed by atoms with Gasteiger partial charge >= 0.3 is 0 Å². The number of unbranched alkanes of at least 4 members (excludes halogenated alkanes) is 1. The number of aromatic nitrogens is 4. The van der Waals surface area contributed by atoms with Crippen LogP contribution in [0.3, 0.4) is 0 Å². The van der Waals surface area contributed by atoms with Crippen molar-refractivity contribution in [2.45, 2.75) is 25.7 Å². The summed E-state index contributed by atoms with van der Waals surface area (Å²) in [4.78, 5) is 9.45. The van der Waals surface area contributed by atoms with Crippen LogP contribution in [-0.4, -0.2) is 19.1 Å². The van der Waals surface area contributed by atoms with Gasteiger partial charge in [-0.1, -0.05) is 23.2 Å². The quantitative estimate of drug-likeness (QED) is 0.434. The van der Waals surface area contributed by atoms with E-state index in [0.717, 1.165) is 69.4 Å². The van der Waals surface area contributed by atoms with Gasteiger partial charge in [0.15, 0.2) is 0 Å². The summed E-state index contributed by atoms with van der Waals surface area (Å²) in [6.07, 6.45) is 4.01. The predicted molar refractivity (Wildman–Crippen MR) is 108 cm³/mol. The van der Waals surface area contributed by atoms with Gasteiger partial charge < -0.3 is 9.13 Å². The van der Waals surface area contributed by atoms with Crippen LogP contribution in [0.5, 0.6) is 0 Å². The molecule has 0 spiro atoms. The van der Waals surface area contributed by atoms with Crippen LogP contribution in [0.15, 0.2) is 36.4 Å². The highest BCUT2D eigenvalue weighted by Gasteiger charge is 2.10. The molecule has 134 valence electrons. The highest BCUT2D eigenvalue weighted by atomic mass is 35.5. The zero-order chi connectivity index (χ0) is 18.3. The molecule has 0 aliphatic carbocycles. The zero-order valence-electron chi connectivity index (χ0n) is 14.8. The fraction of sp³-hybridized carbons (Fsp3) is 0.300. The molecule has 26 heavy (non-hydrogen) atoms. The van der Waals surface area contributed by atoms with Crippen LogP contribution in [0, 0.1) is 0 Å². The summed E-state index contributed by atoms with van der Waals surface area (Å²) in [6, 6.07) is 11.7. The van der Waals surface area contributed by atoms with Crippen molar-refractivity contribution in [2.24, 2.45) is 14.1 Å². The summed E-state index contributed by atoms with van der Waals surface area (Å²) in [7, 11) is 4.13. The third-order valence-corrected chi connectivity index (χ3v) is 5.39. The number of imidazole rings is 2. The topological polar surface area (TPSA) is 35.6 Å². The Morgan fingerprint density at radius 2 is 1.15 bits per heavy atom. The van der Waals surface area contributed by atoms with Crippen molar-refractivity contribution in [2.75, 3.05) is 0 Å². The maximum absolute atomic E-state index is 6.07. The Morgan fingerprint density at radius 1 is 0.731 bits per heavy atom. The van der Waals surface area contributed by atoms with E-state index >= 15 is 0 Å². The van der Waals surface area contributed by atoms with Crippen molar-refractivity contribution < 1.29 is 0 Å². The standard InChI is InChI=1S/C20H20Cl2N4/c1-25-17-9-7-13(21)11-15(17)23-19(25)5-3-4-6-20-24-16-12-14(22)8-10-18(16)26(20)2/h7-12H,3-6H2,1-2H3. The molecule has 0 aliphatic rings. The van der Waals surface area contributed by atoms with Crippen molar-refractivity contribution in [3.05, 3.63) is 58.1 Å². The molecule has 2 aromatic carbocycles. The van der Waals surface area contributed by atoms with Crippen LogP contribution in [0.4, 0.5) is 0 Å². The average Bonchev–Trinajstić information content (AvgIpc) is 3.08.